The Bertz CT molecular complexity index is 335. The van der Waals surface area contributed by atoms with Gasteiger partial charge in [0.1, 0.15) is 0 Å². The molecule has 0 bridgehead atoms. The number of nitrogens with two attached hydrogens (primary N) is 1. The van der Waals surface area contributed by atoms with Crippen LogP contribution >= 0.6 is 0 Å². The van der Waals surface area contributed by atoms with Gasteiger partial charge < -0.3 is 15.4 Å². The van der Waals surface area contributed by atoms with Gasteiger partial charge >= 0.3 is 0 Å². The van der Waals surface area contributed by atoms with Crippen molar-refractivity contribution >= 4 is 5.91 Å². The van der Waals surface area contributed by atoms with Gasteiger partial charge in [-0.2, -0.15) is 0 Å². The standard InChI is InChI=1S/C13H22N2O2/c1-17-12(4-2-5-12)7-11(16)15-8-10-3-6-13(10,14)9-15/h10H,2-9,14H2,1H3/t10-,13-/m0/s1. The first kappa shape index (κ1) is 11.5. The minimum absolute atomic E-state index is 0.0600. The van der Waals surface area contributed by atoms with E-state index in [2.05, 4.69) is 0 Å². The number of ether oxygens (including phenoxy) is 1. The van der Waals surface area contributed by atoms with E-state index in [-0.39, 0.29) is 17.0 Å². The zero-order valence-electron chi connectivity index (χ0n) is 10.6. The quantitative estimate of drug-likeness (QED) is 0.794. The lowest BCUT2D eigenvalue weighted by Gasteiger charge is -2.41. The maximum Gasteiger partial charge on any atom is 0.225 e. The van der Waals surface area contributed by atoms with E-state index in [4.69, 9.17) is 10.5 Å². The van der Waals surface area contributed by atoms with Gasteiger partial charge in [-0.3, -0.25) is 4.79 Å². The summed E-state index contributed by atoms with van der Waals surface area (Å²) in [7, 11) is 1.73. The predicted molar refractivity (Wildman–Crippen MR) is 64.4 cm³/mol. The summed E-state index contributed by atoms with van der Waals surface area (Å²) in [5.74, 6) is 0.789. The molecule has 0 aromatic rings. The molecule has 3 aliphatic rings. The van der Waals surface area contributed by atoms with E-state index in [9.17, 15) is 4.79 Å². The van der Waals surface area contributed by atoms with Crippen molar-refractivity contribution in [2.24, 2.45) is 11.7 Å². The molecule has 4 heteroatoms. The third kappa shape index (κ3) is 1.69. The van der Waals surface area contributed by atoms with Crippen LogP contribution in [0.15, 0.2) is 0 Å². The third-order valence-electron chi connectivity index (χ3n) is 5.22. The van der Waals surface area contributed by atoms with Gasteiger partial charge in [0, 0.05) is 25.7 Å². The summed E-state index contributed by atoms with van der Waals surface area (Å²) < 4.78 is 5.52. The van der Waals surface area contributed by atoms with Gasteiger partial charge in [-0.15, -0.1) is 0 Å². The monoisotopic (exact) mass is 238 g/mol. The lowest BCUT2D eigenvalue weighted by Crippen LogP contribution is -2.55. The number of rotatable bonds is 3. The first-order chi connectivity index (χ1) is 8.07. The first-order valence-electron chi connectivity index (χ1n) is 6.69. The summed E-state index contributed by atoms with van der Waals surface area (Å²) >= 11 is 0. The van der Waals surface area contributed by atoms with Gasteiger partial charge in [-0.05, 0) is 38.0 Å². The molecule has 17 heavy (non-hydrogen) atoms. The van der Waals surface area contributed by atoms with Crippen LogP contribution in [0.2, 0.25) is 0 Å². The minimum Gasteiger partial charge on any atom is -0.378 e. The first-order valence-corrected chi connectivity index (χ1v) is 6.69. The highest BCUT2D eigenvalue weighted by atomic mass is 16.5. The molecule has 4 nitrogen and oxygen atoms in total. The minimum atomic E-state index is -0.152. The summed E-state index contributed by atoms with van der Waals surface area (Å²) in [5.41, 5.74) is 6.04. The Morgan fingerprint density at radius 1 is 1.47 bits per heavy atom. The van der Waals surface area contributed by atoms with Crippen LogP contribution in [0.3, 0.4) is 0 Å². The fourth-order valence-corrected chi connectivity index (χ4v) is 3.49. The third-order valence-corrected chi connectivity index (χ3v) is 5.22. The van der Waals surface area contributed by atoms with Crippen molar-refractivity contribution < 1.29 is 9.53 Å². The molecule has 3 fully saturated rings. The van der Waals surface area contributed by atoms with Crippen molar-refractivity contribution in [3.63, 3.8) is 0 Å². The van der Waals surface area contributed by atoms with Crippen LogP contribution in [0.25, 0.3) is 0 Å². The average molecular weight is 238 g/mol. The zero-order valence-corrected chi connectivity index (χ0v) is 10.6. The molecule has 1 amide bonds. The number of nitrogens with zero attached hydrogens (tertiary/aromatic N) is 1. The van der Waals surface area contributed by atoms with Crippen LogP contribution in [-0.2, 0) is 9.53 Å². The summed E-state index contributed by atoms with van der Waals surface area (Å²) in [5, 5.41) is 0. The van der Waals surface area contributed by atoms with Crippen LogP contribution in [-0.4, -0.2) is 42.1 Å². The number of hydrogen-bond donors (Lipinski definition) is 1. The van der Waals surface area contributed by atoms with Crippen LogP contribution in [0.1, 0.15) is 38.5 Å². The van der Waals surface area contributed by atoms with Crippen molar-refractivity contribution in [3.05, 3.63) is 0 Å². The fourth-order valence-electron chi connectivity index (χ4n) is 3.49. The Morgan fingerprint density at radius 3 is 2.59 bits per heavy atom. The van der Waals surface area contributed by atoms with E-state index in [1.165, 1.54) is 12.8 Å². The van der Waals surface area contributed by atoms with E-state index in [0.717, 1.165) is 32.4 Å². The van der Waals surface area contributed by atoms with E-state index in [1.54, 1.807) is 7.11 Å². The van der Waals surface area contributed by atoms with Gasteiger partial charge in [-0.1, -0.05) is 0 Å². The maximum absolute atomic E-state index is 12.3. The second-order valence-corrected chi connectivity index (χ2v) is 6.16. The van der Waals surface area contributed by atoms with Crippen LogP contribution < -0.4 is 5.73 Å². The van der Waals surface area contributed by atoms with Crippen molar-refractivity contribution in [3.8, 4) is 0 Å². The topological polar surface area (TPSA) is 55.6 Å². The number of likely N-dealkylation sites (tertiary alicyclic amines) is 1. The van der Waals surface area contributed by atoms with E-state index < -0.39 is 0 Å². The van der Waals surface area contributed by atoms with E-state index in [0.29, 0.717) is 12.3 Å². The van der Waals surface area contributed by atoms with Crippen LogP contribution in [0.5, 0.6) is 0 Å². The normalized spacial score (nSPS) is 38.2. The largest absolute Gasteiger partial charge is 0.378 e. The lowest BCUT2D eigenvalue weighted by atomic mass is 9.70. The van der Waals surface area contributed by atoms with Crippen molar-refractivity contribution in [1.82, 2.24) is 4.90 Å². The van der Waals surface area contributed by atoms with Crippen LogP contribution in [0, 0.1) is 5.92 Å². The molecule has 0 radical (unpaired) electrons. The molecule has 0 unspecified atom stereocenters. The molecule has 96 valence electrons. The molecule has 2 aliphatic carbocycles. The highest BCUT2D eigenvalue weighted by Gasteiger charge is 2.52. The summed E-state index contributed by atoms with van der Waals surface area (Å²) in [6.45, 7) is 1.63. The molecule has 3 rings (SSSR count). The lowest BCUT2D eigenvalue weighted by molar-refractivity contribution is -0.143. The molecule has 2 N–H and O–H groups in total. The molecule has 1 heterocycles. The molecular formula is C13H22N2O2. The molecule has 0 aromatic heterocycles. The summed E-state index contributed by atoms with van der Waals surface area (Å²) in [6, 6.07) is 0. The van der Waals surface area contributed by atoms with Crippen molar-refractivity contribution in [1.29, 1.82) is 0 Å². The highest BCUT2D eigenvalue weighted by Crippen LogP contribution is 2.44. The maximum atomic E-state index is 12.3. The average Bonchev–Trinajstić information content (AvgIpc) is 2.48. The molecule has 1 aliphatic heterocycles. The smallest absolute Gasteiger partial charge is 0.225 e. The molecule has 0 aromatic carbocycles. The second-order valence-electron chi connectivity index (χ2n) is 6.16. The van der Waals surface area contributed by atoms with Gasteiger partial charge in [-0.25, -0.2) is 0 Å². The highest BCUT2D eigenvalue weighted by molar-refractivity contribution is 5.78. The number of fused-ring (bicyclic) bond motifs is 1. The van der Waals surface area contributed by atoms with Gasteiger partial charge in [0.25, 0.3) is 0 Å². The predicted octanol–water partition coefficient (Wildman–Crippen LogP) is 0.895. The molecule has 0 spiro atoms. The van der Waals surface area contributed by atoms with Crippen molar-refractivity contribution in [2.45, 2.75) is 49.7 Å². The Hall–Kier alpha value is -0.610. The molecule has 1 saturated heterocycles. The Morgan fingerprint density at radius 2 is 2.24 bits per heavy atom. The summed E-state index contributed by atoms with van der Waals surface area (Å²) in [6.07, 6.45) is 6.06. The van der Waals surface area contributed by atoms with E-state index in [1.807, 2.05) is 4.90 Å². The Kier molecular flexibility index (Phi) is 2.49. The second kappa shape index (κ2) is 3.69. The van der Waals surface area contributed by atoms with Gasteiger partial charge in [0.2, 0.25) is 5.91 Å². The Labute approximate surface area is 102 Å². The van der Waals surface area contributed by atoms with Gasteiger partial charge in [0.05, 0.1) is 12.0 Å². The van der Waals surface area contributed by atoms with Crippen molar-refractivity contribution in [2.75, 3.05) is 20.2 Å². The van der Waals surface area contributed by atoms with Crippen LogP contribution in [0.4, 0.5) is 0 Å². The number of hydrogen-bond acceptors (Lipinski definition) is 3. The SMILES string of the molecule is COC1(CC(=O)N2C[C@@H]3CC[C@]3(N)C2)CCC1. The fraction of sp³-hybridized carbons (Fsp3) is 0.923. The number of carbonyl (C=O) groups excluding carboxylic acids is 1. The molecular weight excluding hydrogens is 216 g/mol. The molecule has 2 saturated carbocycles. The number of amides is 1. The van der Waals surface area contributed by atoms with E-state index >= 15 is 0 Å². The Balaban J connectivity index is 1.60. The van der Waals surface area contributed by atoms with Gasteiger partial charge in [0.15, 0.2) is 0 Å². The zero-order chi connectivity index (χ0) is 12.1. The molecule has 2 atom stereocenters. The number of methoxy groups -OCH3 is 1. The number of carbonyl (C=O) groups is 1. The summed E-state index contributed by atoms with van der Waals surface area (Å²) in [4.78, 5) is 14.2.